The lowest BCUT2D eigenvalue weighted by molar-refractivity contribution is -0.179. The van der Waals surface area contributed by atoms with Crippen molar-refractivity contribution in [3.8, 4) is 6.07 Å². The van der Waals surface area contributed by atoms with E-state index in [1.165, 1.54) is 4.90 Å². The molecule has 7 fully saturated rings. The van der Waals surface area contributed by atoms with E-state index in [0.717, 1.165) is 30.8 Å². The van der Waals surface area contributed by atoms with Crippen molar-refractivity contribution < 1.29 is 32.3 Å². The molecule has 14 heteroatoms. The average Bonchev–Trinajstić information content (AvgIpc) is 3.65. The highest BCUT2D eigenvalue weighted by Crippen LogP contribution is 2.62. The molecule has 1 spiro atoms. The smallest absolute Gasteiger partial charge is 0.356 e. The number of amides is 4. The Bertz CT molecular complexity index is 1150. The Labute approximate surface area is 251 Å². The van der Waals surface area contributed by atoms with Gasteiger partial charge in [-0.25, -0.2) is 0 Å². The van der Waals surface area contributed by atoms with Crippen molar-refractivity contribution in [2.24, 2.45) is 29.1 Å². The molecular weight excluding hydrogens is 591 g/mol. The van der Waals surface area contributed by atoms with Gasteiger partial charge in [-0.15, -0.1) is 23.5 Å². The van der Waals surface area contributed by atoms with Crippen LogP contribution in [-0.2, 0) is 19.2 Å². The number of carbonyl (C=O) groups is 4. The predicted molar refractivity (Wildman–Crippen MR) is 150 cm³/mol. The van der Waals surface area contributed by atoms with Crippen LogP contribution in [0.4, 0.5) is 13.2 Å². The Balaban J connectivity index is 1.28. The maximum Gasteiger partial charge on any atom is 0.471 e. The molecule has 4 atom stereocenters. The van der Waals surface area contributed by atoms with Gasteiger partial charge in [-0.2, -0.15) is 18.4 Å². The zero-order valence-corrected chi connectivity index (χ0v) is 24.8. The fraction of sp³-hybridized carbons (Fsp3) is 0.821. The van der Waals surface area contributed by atoms with Crippen LogP contribution in [0.1, 0.15) is 57.8 Å². The van der Waals surface area contributed by atoms with Crippen molar-refractivity contribution in [3.63, 3.8) is 0 Å². The second-order valence-electron chi connectivity index (χ2n) is 13.2. The Morgan fingerprint density at radius 1 is 1.05 bits per heavy atom. The maximum atomic E-state index is 14.5. The summed E-state index contributed by atoms with van der Waals surface area (Å²) in [5.41, 5.74) is -0.773. The van der Waals surface area contributed by atoms with Gasteiger partial charge in [-0.3, -0.25) is 19.2 Å². The highest BCUT2D eigenvalue weighted by Gasteiger charge is 2.60. The van der Waals surface area contributed by atoms with E-state index in [1.54, 1.807) is 23.5 Å². The van der Waals surface area contributed by atoms with Crippen molar-refractivity contribution in [2.45, 2.75) is 86.2 Å². The summed E-state index contributed by atoms with van der Waals surface area (Å²) in [6.07, 6.45) is 0.639. The van der Waals surface area contributed by atoms with E-state index < -0.39 is 57.4 Å². The van der Waals surface area contributed by atoms with Gasteiger partial charge in [-0.05, 0) is 69.1 Å². The van der Waals surface area contributed by atoms with Gasteiger partial charge in [0.1, 0.15) is 18.1 Å². The fourth-order valence-corrected chi connectivity index (χ4v) is 12.2. The first-order valence-corrected chi connectivity index (χ1v) is 16.8. The number of nitriles is 1. The quantitative estimate of drug-likeness (QED) is 0.396. The molecule has 0 unspecified atom stereocenters. The molecule has 3 N–H and O–H groups in total. The van der Waals surface area contributed by atoms with Crippen LogP contribution in [0.3, 0.4) is 0 Å². The van der Waals surface area contributed by atoms with Gasteiger partial charge in [-0.1, -0.05) is 0 Å². The van der Waals surface area contributed by atoms with Crippen LogP contribution in [0.15, 0.2) is 0 Å². The molecule has 0 radical (unpaired) electrons. The molecule has 7 rings (SSSR count). The summed E-state index contributed by atoms with van der Waals surface area (Å²) in [7, 11) is 0. The van der Waals surface area contributed by atoms with Crippen LogP contribution in [0.5, 0.6) is 0 Å². The number of hydrogen-bond acceptors (Lipinski definition) is 7. The molecule has 3 aliphatic heterocycles. The predicted octanol–water partition coefficient (Wildman–Crippen LogP) is 2.56. The Kier molecular flexibility index (Phi) is 7.90. The number of alkyl halides is 3. The van der Waals surface area contributed by atoms with Gasteiger partial charge in [0.25, 0.3) is 0 Å². The van der Waals surface area contributed by atoms with Crippen LogP contribution in [0.2, 0.25) is 0 Å². The third kappa shape index (κ3) is 5.60. The summed E-state index contributed by atoms with van der Waals surface area (Å²) < 4.78 is 40.3. The normalized spacial score (nSPS) is 36.0. The number of thioether (sulfide) groups is 2. The zero-order valence-electron chi connectivity index (χ0n) is 23.2. The molecule has 0 aromatic heterocycles. The number of hydrogen-bond donors (Lipinski definition) is 3. The summed E-state index contributed by atoms with van der Waals surface area (Å²) in [5.74, 6) is -1.27. The molecular formula is C28H36F3N5O4S2. The first-order chi connectivity index (χ1) is 19.9. The molecule has 0 aromatic rings. The second kappa shape index (κ2) is 11.1. The van der Waals surface area contributed by atoms with Gasteiger partial charge in [0, 0.05) is 42.3 Å². The summed E-state index contributed by atoms with van der Waals surface area (Å²) in [6, 6.07) is -1.27. The van der Waals surface area contributed by atoms with Crippen molar-refractivity contribution >= 4 is 47.2 Å². The number of nitrogens with one attached hydrogen (secondary N) is 3. The number of nitrogens with zero attached hydrogens (tertiary/aromatic N) is 2. The van der Waals surface area contributed by atoms with Gasteiger partial charge in [0.2, 0.25) is 17.7 Å². The summed E-state index contributed by atoms with van der Waals surface area (Å²) in [5, 5.41) is 17.3. The van der Waals surface area contributed by atoms with Crippen LogP contribution in [0, 0.1) is 40.4 Å². The fourth-order valence-electron chi connectivity index (χ4n) is 8.96. The molecule has 4 aliphatic carbocycles. The minimum absolute atomic E-state index is 0.140. The average molecular weight is 628 g/mol. The molecule has 9 nitrogen and oxygen atoms in total. The van der Waals surface area contributed by atoms with E-state index in [-0.39, 0.29) is 18.9 Å². The highest BCUT2D eigenvalue weighted by atomic mass is 32.2. The van der Waals surface area contributed by atoms with E-state index >= 15 is 0 Å². The van der Waals surface area contributed by atoms with E-state index in [9.17, 15) is 37.6 Å². The largest absolute Gasteiger partial charge is 0.471 e. The molecule has 7 aliphatic rings. The molecule has 230 valence electrons. The molecule has 4 amide bonds. The molecule has 3 heterocycles. The zero-order chi connectivity index (χ0) is 29.9. The first-order valence-electron chi connectivity index (χ1n) is 14.8. The van der Waals surface area contributed by atoms with E-state index in [1.807, 2.05) is 0 Å². The number of carbonyl (C=O) groups excluding carboxylic acids is 4. The number of rotatable bonds is 7. The third-order valence-corrected chi connectivity index (χ3v) is 13.8. The first kappa shape index (κ1) is 29.9. The van der Waals surface area contributed by atoms with Gasteiger partial charge in [0.15, 0.2) is 0 Å². The number of halogens is 3. The van der Waals surface area contributed by atoms with Crippen LogP contribution in [-0.4, -0.2) is 81.5 Å². The molecule has 42 heavy (non-hydrogen) atoms. The van der Waals surface area contributed by atoms with Crippen LogP contribution < -0.4 is 16.0 Å². The Morgan fingerprint density at radius 3 is 2.19 bits per heavy atom. The lowest BCUT2D eigenvalue weighted by Gasteiger charge is -2.59. The van der Waals surface area contributed by atoms with Crippen molar-refractivity contribution in [2.75, 3.05) is 24.6 Å². The second-order valence-corrected chi connectivity index (χ2v) is 16.4. The number of likely N-dealkylation sites (tertiary alicyclic amines) is 1. The minimum Gasteiger partial charge on any atom is -0.356 e. The molecule has 0 aromatic carbocycles. The van der Waals surface area contributed by atoms with E-state index in [0.29, 0.717) is 56.4 Å². The Morgan fingerprint density at radius 2 is 1.67 bits per heavy atom. The summed E-state index contributed by atoms with van der Waals surface area (Å²) in [4.78, 5) is 54.0. The highest BCUT2D eigenvalue weighted by molar-refractivity contribution is 8.21. The van der Waals surface area contributed by atoms with E-state index in [4.69, 9.17) is 0 Å². The van der Waals surface area contributed by atoms with Crippen molar-refractivity contribution in [3.05, 3.63) is 0 Å². The van der Waals surface area contributed by atoms with Crippen LogP contribution in [0.25, 0.3) is 0 Å². The topological polar surface area (TPSA) is 131 Å². The molecule has 3 saturated heterocycles. The molecule has 4 bridgehead atoms. The lowest BCUT2D eigenvalue weighted by atomic mass is 9.47. The monoisotopic (exact) mass is 627 g/mol. The lowest BCUT2D eigenvalue weighted by Crippen LogP contribution is -2.65. The van der Waals surface area contributed by atoms with Gasteiger partial charge in [0.05, 0.1) is 10.1 Å². The van der Waals surface area contributed by atoms with Gasteiger partial charge >= 0.3 is 12.1 Å². The summed E-state index contributed by atoms with van der Waals surface area (Å²) in [6.45, 7) is 0.680. The standard InChI is InChI=1S/C28H36F3N5O4S2/c29-28(30,31)25(40)35-21(26-9-15-5-16(10-26)7-17(6-15)11-26)24(39)36-14-27(41-3-4-42-27)12-20(36)23(38)34-19(13-32)8-18-1-2-33-22(18)37/h15-21H,1-12,14H2,(H,33,37)(H,34,38)(H,35,40)/t15?,16?,17?,18-,19-,20-,21+,26?/m0/s1. The maximum absolute atomic E-state index is 14.5. The summed E-state index contributed by atoms with van der Waals surface area (Å²) >= 11 is 3.28. The third-order valence-electron chi connectivity index (χ3n) is 10.3. The Hall–Kier alpha value is -2.14. The van der Waals surface area contributed by atoms with Crippen molar-refractivity contribution in [1.29, 1.82) is 5.26 Å². The van der Waals surface area contributed by atoms with E-state index in [2.05, 4.69) is 22.0 Å². The molecule has 4 saturated carbocycles. The minimum atomic E-state index is -5.15. The van der Waals surface area contributed by atoms with Crippen LogP contribution >= 0.6 is 23.5 Å². The van der Waals surface area contributed by atoms with Gasteiger partial charge < -0.3 is 20.9 Å². The van der Waals surface area contributed by atoms with Crippen molar-refractivity contribution in [1.82, 2.24) is 20.9 Å². The SMILES string of the molecule is N#C[C@H](C[C@@H]1CCNC1=O)NC(=O)[C@@H]1CC2(CN1C(=O)[C@@H](NC(=O)C(F)(F)F)C13CC4CC(CC(C4)C1)C3)SCCS2.